The number of sulfonamides is 1. The van der Waals surface area contributed by atoms with Crippen LogP contribution in [-0.4, -0.2) is 63.1 Å². The van der Waals surface area contributed by atoms with E-state index >= 15 is 0 Å². The van der Waals surface area contributed by atoms with E-state index in [1.807, 2.05) is 33.8 Å². The van der Waals surface area contributed by atoms with Gasteiger partial charge in [0.15, 0.2) is 5.82 Å². The van der Waals surface area contributed by atoms with Crippen LogP contribution in [0.25, 0.3) is 11.1 Å². The number of carbonyl (C=O) groups excluding carboxylic acids is 1. The van der Waals surface area contributed by atoms with Gasteiger partial charge in [0.25, 0.3) is 0 Å². The molecule has 2 aromatic heterocycles. The van der Waals surface area contributed by atoms with Crippen LogP contribution in [0.1, 0.15) is 71.2 Å². The number of nitriles is 1. The molecule has 1 amide bonds. The SMILES string of the molecule is CC1(NS(=O)(=O)c2cc(C3=CCN(C(=O)OC(C)(C)C)CC3)c3cnc(C(=N)SC(=N)C4(C#N)CC4)n3c2)CC1. The molecule has 40 heavy (non-hydrogen) atoms. The molecular formula is C27H33N7O4S2. The zero-order valence-electron chi connectivity index (χ0n) is 23.0. The molecule has 2 fully saturated rings. The van der Waals surface area contributed by atoms with E-state index in [0.29, 0.717) is 43.4 Å². The summed E-state index contributed by atoms with van der Waals surface area (Å²) in [5, 5.41) is 26.5. The Labute approximate surface area is 238 Å². The van der Waals surface area contributed by atoms with E-state index in [1.54, 1.807) is 21.6 Å². The Morgan fingerprint density at radius 3 is 2.50 bits per heavy atom. The standard InChI is InChI=1S/C27H33N7O4S2/c1-25(2,3)38-24(35)33-11-5-17(6-12-33)19-13-18(40(36,37)32-26(4)7-8-26)15-34-20(19)14-31-22(34)21(29)39-23(30)27(16-28)9-10-27/h5,13-15,29-30,32H,6-12H2,1-4H3. The monoisotopic (exact) mass is 583 g/mol. The van der Waals surface area contributed by atoms with Crippen LogP contribution in [0.15, 0.2) is 29.4 Å². The normalized spacial score (nSPS) is 19.5. The number of rotatable bonds is 6. The second-order valence-electron chi connectivity index (χ2n) is 12.0. The molecule has 3 heterocycles. The highest BCUT2D eigenvalue weighted by atomic mass is 32.2. The molecular weight excluding hydrogens is 550 g/mol. The first kappa shape index (κ1) is 28.3. The van der Waals surface area contributed by atoms with Crippen molar-refractivity contribution in [3.05, 3.63) is 35.9 Å². The van der Waals surface area contributed by atoms with Gasteiger partial charge in [-0.05, 0) is 71.4 Å². The fraction of sp³-hybridized carbons (Fsp3) is 0.519. The summed E-state index contributed by atoms with van der Waals surface area (Å²) in [5.41, 5.74) is 0.203. The van der Waals surface area contributed by atoms with E-state index in [9.17, 15) is 18.5 Å². The highest BCUT2D eigenvalue weighted by molar-refractivity contribution is 8.26. The Balaban J connectivity index is 1.51. The summed E-state index contributed by atoms with van der Waals surface area (Å²) >= 11 is 0.872. The Hall–Kier alpha value is -3.21. The van der Waals surface area contributed by atoms with E-state index in [-0.39, 0.29) is 20.8 Å². The van der Waals surface area contributed by atoms with Crippen molar-refractivity contribution in [2.24, 2.45) is 5.41 Å². The summed E-state index contributed by atoms with van der Waals surface area (Å²) in [6.45, 7) is 8.02. The van der Waals surface area contributed by atoms with Crippen LogP contribution in [0.2, 0.25) is 0 Å². The molecule has 0 radical (unpaired) electrons. The third-order valence-electron chi connectivity index (χ3n) is 7.32. The topological polar surface area (TPSA) is 164 Å². The summed E-state index contributed by atoms with van der Waals surface area (Å²) < 4.78 is 36.7. The predicted octanol–water partition coefficient (Wildman–Crippen LogP) is 4.53. The maximum absolute atomic E-state index is 13.4. The molecule has 0 bridgehead atoms. The van der Waals surface area contributed by atoms with E-state index in [4.69, 9.17) is 15.6 Å². The lowest BCUT2D eigenvalue weighted by Crippen LogP contribution is -2.39. The molecule has 11 nitrogen and oxygen atoms in total. The number of thioether (sulfide) groups is 1. The summed E-state index contributed by atoms with van der Waals surface area (Å²) in [6.07, 6.45) is 7.71. The van der Waals surface area contributed by atoms with Gasteiger partial charge in [0.05, 0.1) is 27.7 Å². The molecule has 2 saturated carbocycles. The summed E-state index contributed by atoms with van der Waals surface area (Å²) in [4.78, 5) is 18.6. The quantitative estimate of drug-likeness (QED) is 0.332. The van der Waals surface area contributed by atoms with Gasteiger partial charge >= 0.3 is 6.09 Å². The Bertz CT molecular complexity index is 1600. The van der Waals surface area contributed by atoms with Gasteiger partial charge in [0, 0.05) is 30.4 Å². The highest BCUT2D eigenvalue weighted by Gasteiger charge is 2.48. The predicted molar refractivity (Wildman–Crippen MR) is 153 cm³/mol. The lowest BCUT2D eigenvalue weighted by molar-refractivity contribution is 0.0270. The number of aromatic nitrogens is 2. The molecule has 0 aromatic carbocycles. The second kappa shape index (κ2) is 9.71. The molecule has 2 aromatic rings. The Morgan fingerprint density at radius 1 is 1.25 bits per heavy atom. The van der Waals surface area contributed by atoms with Crippen LogP contribution in [-0.2, 0) is 14.8 Å². The first-order valence-electron chi connectivity index (χ1n) is 13.1. The van der Waals surface area contributed by atoms with Gasteiger partial charge < -0.3 is 9.64 Å². The first-order valence-corrected chi connectivity index (χ1v) is 15.4. The van der Waals surface area contributed by atoms with Gasteiger partial charge in [-0.1, -0.05) is 17.8 Å². The van der Waals surface area contributed by atoms with E-state index in [1.165, 1.54) is 6.20 Å². The third kappa shape index (κ3) is 5.66. The number of nitrogens with zero attached hydrogens (tertiary/aromatic N) is 4. The van der Waals surface area contributed by atoms with Crippen molar-refractivity contribution in [3.8, 4) is 6.07 Å². The van der Waals surface area contributed by atoms with Gasteiger partial charge in [-0.2, -0.15) is 5.26 Å². The van der Waals surface area contributed by atoms with Crippen LogP contribution in [0.3, 0.4) is 0 Å². The summed E-state index contributed by atoms with van der Waals surface area (Å²) in [6, 6.07) is 3.79. The lowest BCUT2D eigenvalue weighted by Gasteiger charge is -2.30. The summed E-state index contributed by atoms with van der Waals surface area (Å²) in [5.74, 6) is 0.196. The molecule has 1 aliphatic heterocycles. The van der Waals surface area contributed by atoms with Crippen LogP contribution in [0.5, 0.6) is 0 Å². The maximum Gasteiger partial charge on any atom is 0.410 e. The molecule has 212 valence electrons. The van der Waals surface area contributed by atoms with Crippen LogP contribution in [0.4, 0.5) is 4.79 Å². The van der Waals surface area contributed by atoms with Gasteiger partial charge in [-0.3, -0.25) is 15.2 Å². The van der Waals surface area contributed by atoms with Crippen molar-refractivity contribution in [1.29, 1.82) is 16.1 Å². The number of ether oxygens (including phenoxy) is 1. The van der Waals surface area contributed by atoms with Crippen molar-refractivity contribution in [2.75, 3.05) is 13.1 Å². The number of fused-ring (bicyclic) bond motifs is 1. The fourth-order valence-electron chi connectivity index (χ4n) is 4.48. The molecule has 3 aliphatic rings. The van der Waals surface area contributed by atoms with Crippen LogP contribution >= 0.6 is 11.8 Å². The molecule has 2 aliphatic carbocycles. The van der Waals surface area contributed by atoms with E-state index in [2.05, 4.69) is 15.8 Å². The highest BCUT2D eigenvalue weighted by Crippen LogP contribution is 2.49. The number of carbonyl (C=O) groups is 1. The minimum absolute atomic E-state index is 0.0390. The van der Waals surface area contributed by atoms with Crippen LogP contribution < -0.4 is 4.72 Å². The molecule has 13 heteroatoms. The van der Waals surface area contributed by atoms with Gasteiger partial charge in [0.2, 0.25) is 10.0 Å². The molecule has 0 spiro atoms. The Kier molecular flexibility index (Phi) is 6.88. The average molecular weight is 584 g/mol. The average Bonchev–Trinajstić information content (AvgIpc) is 3.78. The summed E-state index contributed by atoms with van der Waals surface area (Å²) in [7, 11) is -3.89. The van der Waals surface area contributed by atoms with Crippen LogP contribution in [0, 0.1) is 27.6 Å². The third-order valence-corrected chi connectivity index (χ3v) is 9.91. The van der Waals surface area contributed by atoms with Crippen molar-refractivity contribution in [1.82, 2.24) is 19.0 Å². The minimum Gasteiger partial charge on any atom is -0.444 e. The van der Waals surface area contributed by atoms with E-state index in [0.717, 1.165) is 30.2 Å². The van der Waals surface area contributed by atoms with Gasteiger partial charge in [-0.15, -0.1) is 0 Å². The molecule has 0 unspecified atom stereocenters. The number of nitrogens with one attached hydrogen (secondary N) is 3. The molecule has 5 rings (SSSR count). The lowest BCUT2D eigenvalue weighted by atomic mass is 9.99. The largest absolute Gasteiger partial charge is 0.444 e. The van der Waals surface area contributed by atoms with Crippen molar-refractivity contribution in [3.63, 3.8) is 0 Å². The number of hydrogen-bond acceptors (Lipinski definition) is 9. The molecule has 3 N–H and O–H groups in total. The smallest absolute Gasteiger partial charge is 0.410 e. The van der Waals surface area contributed by atoms with Crippen molar-refractivity contribution in [2.45, 2.75) is 75.8 Å². The Morgan fingerprint density at radius 2 is 1.95 bits per heavy atom. The minimum atomic E-state index is -3.89. The van der Waals surface area contributed by atoms with Crippen molar-refractivity contribution < 1.29 is 17.9 Å². The van der Waals surface area contributed by atoms with Gasteiger partial charge in [0.1, 0.15) is 16.1 Å². The number of imidazole rings is 1. The zero-order valence-corrected chi connectivity index (χ0v) is 24.6. The molecule has 0 atom stereocenters. The number of pyridine rings is 1. The zero-order chi connectivity index (χ0) is 29.1. The van der Waals surface area contributed by atoms with Crippen molar-refractivity contribution >= 4 is 49.1 Å². The van der Waals surface area contributed by atoms with Gasteiger partial charge in [-0.25, -0.2) is 22.9 Å². The second-order valence-corrected chi connectivity index (χ2v) is 14.7. The maximum atomic E-state index is 13.4. The molecule has 0 saturated heterocycles. The number of amides is 1. The number of hydrogen-bond donors (Lipinski definition) is 3. The first-order chi connectivity index (χ1) is 18.7. The van der Waals surface area contributed by atoms with E-state index < -0.39 is 32.7 Å². The fourth-order valence-corrected chi connectivity index (χ4v) is 6.86.